The predicted molar refractivity (Wildman–Crippen MR) is 80.8 cm³/mol. The third-order valence-corrected chi connectivity index (χ3v) is 4.18. The Bertz CT molecular complexity index is 709. The normalized spacial score (nSPS) is 16.5. The molecule has 0 amide bonds. The zero-order valence-electron chi connectivity index (χ0n) is 15.1. The number of halogens is 11. The molecule has 1 rings (SSSR count). The highest BCUT2D eigenvalue weighted by Gasteiger charge is 2.87. The van der Waals surface area contributed by atoms with Gasteiger partial charge in [0.25, 0.3) is 0 Å². The van der Waals surface area contributed by atoms with Crippen molar-refractivity contribution in [3.63, 3.8) is 0 Å². The van der Waals surface area contributed by atoms with Crippen molar-refractivity contribution in [3.05, 3.63) is 29.8 Å². The smallest absolute Gasteiger partial charge is 0.385 e. The van der Waals surface area contributed by atoms with E-state index < -0.39 is 47.5 Å². The van der Waals surface area contributed by atoms with Crippen molar-refractivity contribution in [1.29, 1.82) is 0 Å². The maximum Gasteiger partial charge on any atom is 0.460 e. The Labute approximate surface area is 157 Å². The number of rotatable bonds is 7. The van der Waals surface area contributed by atoms with Crippen molar-refractivity contribution in [1.82, 2.24) is 0 Å². The summed E-state index contributed by atoms with van der Waals surface area (Å²) in [4.78, 5) is 1.53. The van der Waals surface area contributed by atoms with Crippen LogP contribution in [-0.2, 0) is 5.60 Å². The number of alkyl halides is 11. The van der Waals surface area contributed by atoms with Crippen LogP contribution in [-0.4, -0.2) is 49.1 Å². The molecule has 13 heteroatoms. The fourth-order valence-electron chi connectivity index (χ4n) is 2.37. The van der Waals surface area contributed by atoms with Crippen LogP contribution in [0.3, 0.4) is 0 Å². The second-order valence-electron chi connectivity index (χ2n) is 6.82. The van der Waals surface area contributed by atoms with Gasteiger partial charge in [0.1, 0.15) is 0 Å². The fraction of sp³-hybridized carbons (Fsp3) is 0.625. The number of benzene rings is 1. The molecule has 2 nitrogen and oxygen atoms in total. The summed E-state index contributed by atoms with van der Waals surface area (Å²) in [5.41, 5.74) is -2.98. The van der Waals surface area contributed by atoms with Crippen LogP contribution in [0, 0.1) is 0 Å². The highest BCUT2D eigenvalue weighted by molar-refractivity contribution is 5.47. The number of nitrogens with zero attached hydrogens (tertiary/aromatic N) is 1. The van der Waals surface area contributed by atoms with Crippen LogP contribution in [0.4, 0.5) is 54.0 Å². The van der Waals surface area contributed by atoms with Gasteiger partial charge in [-0.2, -0.15) is 48.3 Å². The van der Waals surface area contributed by atoms with Gasteiger partial charge in [0.15, 0.2) is 0 Å². The second kappa shape index (κ2) is 7.17. The summed E-state index contributed by atoms with van der Waals surface area (Å²) in [6, 6.07) is 4.44. The van der Waals surface area contributed by atoms with Crippen molar-refractivity contribution in [3.8, 4) is 0 Å². The molecule has 0 fully saturated rings. The van der Waals surface area contributed by atoms with Gasteiger partial charge in [-0.3, -0.25) is 0 Å². The van der Waals surface area contributed by atoms with E-state index in [1.165, 1.54) is 17.0 Å². The van der Waals surface area contributed by atoms with Gasteiger partial charge in [0.2, 0.25) is 0 Å². The van der Waals surface area contributed by atoms with Crippen molar-refractivity contribution < 1.29 is 53.4 Å². The summed E-state index contributed by atoms with van der Waals surface area (Å²) in [6.45, 7) is 0.502. The SMILES string of the molecule is CN(C)c1ccc(C(C)(O)CC(F)(F)C(F)(F)C(F)(F)C(F)(F)C(F)(F)F)cc1. The van der Waals surface area contributed by atoms with Crippen molar-refractivity contribution in [2.45, 2.75) is 48.8 Å². The van der Waals surface area contributed by atoms with Crippen LogP contribution >= 0.6 is 0 Å². The fourth-order valence-corrected chi connectivity index (χ4v) is 2.37. The Hall–Kier alpha value is -1.79. The molecule has 0 aliphatic carbocycles. The molecule has 1 aromatic rings. The predicted octanol–water partition coefficient (Wildman–Crippen LogP) is 5.45. The van der Waals surface area contributed by atoms with Gasteiger partial charge in [-0.1, -0.05) is 12.1 Å². The van der Waals surface area contributed by atoms with E-state index in [1.807, 2.05) is 0 Å². The molecule has 29 heavy (non-hydrogen) atoms. The summed E-state index contributed by atoms with van der Waals surface area (Å²) in [7, 11) is 3.15. The molecule has 1 unspecified atom stereocenters. The zero-order valence-corrected chi connectivity index (χ0v) is 15.1. The number of hydrogen-bond acceptors (Lipinski definition) is 2. The first-order chi connectivity index (χ1) is 12.6. The molecule has 0 spiro atoms. The van der Waals surface area contributed by atoms with E-state index in [9.17, 15) is 53.4 Å². The summed E-state index contributed by atoms with van der Waals surface area (Å²) in [5.74, 6) is -28.2. The topological polar surface area (TPSA) is 23.5 Å². The minimum absolute atomic E-state index is 0.470. The van der Waals surface area contributed by atoms with Gasteiger partial charge >= 0.3 is 29.9 Å². The Balaban J connectivity index is 3.31. The molecule has 1 aromatic carbocycles. The molecule has 0 radical (unpaired) electrons. The first kappa shape index (κ1) is 25.2. The van der Waals surface area contributed by atoms with Crippen molar-refractivity contribution in [2.24, 2.45) is 0 Å². The monoisotopic (exact) mass is 447 g/mol. The molecule has 0 bridgehead atoms. The van der Waals surface area contributed by atoms with Crippen LogP contribution in [0.15, 0.2) is 24.3 Å². The van der Waals surface area contributed by atoms with E-state index in [2.05, 4.69) is 0 Å². The average Bonchev–Trinajstić information content (AvgIpc) is 2.52. The lowest BCUT2D eigenvalue weighted by Gasteiger charge is -2.39. The largest absolute Gasteiger partial charge is 0.460 e. The molecular weight excluding hydrogens is 431 g/mol. The molecule has 0 aromatic heterocycles. The molecule has 0 saturated carbocycles. The first-order valence-corrected chi connectivity index (χ1v) is 7.70. The van der Waals surface area contributed by atoms with E-state index in [4.69, 9.17) is 0 Å². The minimum Gasteiger partial charge on any atom is -0.385 e. The van der Waals surface area contributed by atoms with Gasteiger partial charge in [-0.25, -0.2) is 0 Å². The molecule has 0 aliphatic rings. The van der Waals surface area contributed by atoms with Crippen LogP contribution < -0.4 is 4.90 Å². The van der Waals surface area contributed by atoms with Crippen LogP contribution in [0.2, 0.25) is 0 Å². The number of aliphatic hydroxyl groups is 1. The molecule has 168 valence electrons. The van der Waals surface area contributed by atoms with Crippen molar-refractivity contribution in [2.75, 3.05) is 19.0 Å². The van der Waals surface area contributed by atoms with E-state index in [-0.39, 0.29) is 0 Å². The minimum atomic E-state index is -7.49. The Kier molecular flexibility index (Phi) is 6.24. The van der Waals surface area contributed by atoms with Crippen LogP contribution in [0.1, 0.15) is 18.9 Å². The maximum atomic E-state index is 13.9. The second-order valence-corrected chi connectivity index (χ2v) is 6.82. The standard InChI is InChI=1S/C16H16F11NO/c1-11(29,9-4-6-10(7-5-9)28(2)3)8-12(17,18)13(19,20)14(21,22)15(23,24)16(25,26)27/h4-7,29H,8H2,1-3H3. The highest BCUT2D eigenvalue weighted by Crippen LogP contribution is 2.59. The lowest BCUT2D eigenvalue weighted by atomic mass is 9.85. The Morgan fingerprint density at radius 3 is 1.48 bits per heavy atom. The molecule has 0 heterocycles. The van der Waals surface area contributed by atoms with Gasteiger partial charge in [0, 0.05) is 19.8 Å². The molecule has 0 saturated heterocycles. The summed E-state index contributed by atoms with van der Waals surface area (Å²) in [6.07, 6.45) is -9.78. The number of anilines is 1. The quantitative estimate of drug-likeness (QED) is 0.562. The van der Waals surface area contributed by atoms with Crippen LogP contribution in [0.25, 0.3) is 0 Å². The third-order valence-electron chi connectivity index (χ3n) is 4.18. The first-order valence-electron chi connectivity index (χ1n) is 7.70. The zero-order chi connectivity index (χ0) is 23.3. The van der Waals surface area contributed by atoms with Gasteiger partial charge in [0.05, 0.1) is 12.0 Å². The van der Waals surface area contributed by atoms with Crippen molar-refractivity contribution >= 4 is 5.69 Å². The molecular formula is C16H16F11NO. The summed E-state index contributed by atoms with van der Waals surface area (Å²) < 4.78 is 144. The van der Waals surface area contributed by atoms with Crippen LogP contribution in [0.5, 0.6) is 0 Å². The highest BCUT2D eigenvalue weighted by atomic mass is 19.4. The lowest BCUT2D eigenvalue weighted by molar-refractivity contribution is -0.424. The number of hydrogen-bond donors (Lipinski definition) is 1. The molecule has 1 atom stereocenters. The molecule has 1 N–H and O–H groups in total. The van der Waals surface area contributed by atoms with Gasteiger partial charge in [-0.05, 0) is 24.6 Å². The summed E-state index contributed by atoms with van der Waals surface area (Å²) >= 11 is 0. The average molecular weight is 447 g/mol. The van der Waals surface area contributed by atoms with Gasteiger partial charge < -0.3 is 10.0 Å². The molecule has 0 aliphatic heterocycles. The third kappa shape index (κ3) is 4.24. The lowest BCUT2D eigenvalue weighted by Crippen LogP contribution is -2.67. The van der Waals surface area contributed by atoms with E-state index in [0.717, 1.165) is 12.1 Å². The Morgan fingerprint density at radius 2 is 1.14 bits per heavy atom. The van der Waals surface area contributed by atoms with E-state index in [1.54, 1.807) is 14.1 Å². The summed E-state index contributed by atoms with van der Waals surface area (Å²) in [5, 5.41) is 10.1. The van der Waals surface area contributed by atoms with Gasteiger partial charge in [-0.15, -0.1) is 0 Å². The Morgan fingerprint density at radius 1 is 0.724 bits per heavy atom. The van der Waals surface area contributed by atoms with E-state index >= 15 is 0 Å². The van der Waals surface area contributed by atoms with E-state index in [0.29, 0.717) is 12.6 Å². The maximum absolute atomic E-state index is 13.9.